The lowest BCUT2D eigenvalue weighted by molar-refractivity contribution is -0.373. The number of hydrogen-bond acceptors (Lipinski definition) is 6. The summed E-state index contributed by atoms with van der Waals surface area (Å²) >= 11 is 0. The molecule has 0 spiro atoms. The standard InChI is InChI=1S/C7H17NO5/c1-11-5-2-8(12-6-3-9)13-7-4-10/h9-10H,2-7H2,1H3. The number of nitrogens with zero attached hydrogens (tertiary/aromatic N) is 1. The van der Waals surface area contributed by atoms with Gasteiger partial charge in [0, 0.05) is 7.11 Å². The highest BCUT2D eigenvalue weighted by atomic mass is 16.9. The Morgan fingerprint density at radius 1 is 1.00 bits per heavy atom. The second-order valence-corrected chi connectivity index (χ2v) is 2.16. The van der Waals surface area contributed by atoms with Gasteiger partial charge in [0.1, 0.15) is 0 Å². The number of aliphatic hydroxyl groups is 2. The van der Waals surface area contributed by atoms with Crippen LogP contribution in [-0.2, 0) is 14.4 Å². The molecule has 2 N–H and O–H groups in total. The van der Waals surface area contributed by atoms with E-state index in [2.05, 4.69) is 0 Å². The van der Waals surface area contributed by atoms with Crippen LogP contribution >= 0.6 is 0 Å². The molecule has 0 atom stereocenters. The molecule has 0 aliphatic heterocycles. The molecule has 0 aliphatic rings. The summed E-state index contributed by atoms with van der Waals surface area (Å²) in [7, 11) is 1.57. The Balaban J connectivity index is 3.47. The fourth-order valence-electron chi connectivity index (χ4n) is 0.617. The first-order valence-electron chi connectivity index (χ1n) is 4.09. The van der Waals surface area contributed by atoms with Gasteiger partial charge in [-0.05, 0) is 0 Å². The van der Waals surface area contributed by atoms with Crippen LogP contribution in [-0.4, -0.2) is 62.1 Å². The summed E-state index contributed by atoms with van der Waals surface area (Å²) in [5, 5.41) is 18.1. The minimum absolute atomic E-state index is 0.0774. The van der Waals surface area contributed by atoms with Gasteiger partial charge in [0.25, 0.3) is 0 Å². The van der Waals surface area contributed by atoms with Crippen LogP contribution < -0.4 is 0 Å². The van der Waals surface area contributed by atoms with E-state index in [0.29, 0.717) is 13.2 Å². The van der Waals surface area contributed by atoms with E-state index in [1.807, 2.05) is 0 Å². The first-order valence-corrected chi connectivity index (χ1v) is 4.09. The quantitative estimate of drug-likeness (QED) is 0.449. The zero-order valence-corrected chi connectivity index (χ0v) is 7.81. The molecule has 0 saturated heterocycles. The molecule has 0 aromatic rings. The van der Waals surface area contributed by atoms with E-state index < -0.39 is 0 Å². The minimum atomic E-state index is -0.0774. The molecule has 0 aromatic carbocycles. The average molecular weight is 195 g/mol. The Morgan fingerprint density at radius 2 is 1.54 bits per heavy atom. The van der Waals surface area contributed by atoms with Crippen LogP contribution in [0.3, 0.4) is 0 Å². The highest BCUT2D eigenvalue weighted by molar-refractivity contribution is 4.32. The van der Waals surface area contributed by atoms with Crippen molar-refractivity contribution in [3.63, 3.8) is 0 Å². The monoisotopic (exact) mass is 195 g/mol. The van der Waals surface area contributed by atoms with E-state index in [-0.39, 0.29) is 26.4 Å². The molecule has 13 heavy (non-hydrogen) atoms. The fraction of sp³-hybridized carbons (Fsp3) is 1.00. The third-order valence-electron chi connectivity index (χ3n) is 1.13. The SMILES string of the molecule is COCCN(OCCO)OCCO. The van der Waals surface area contributed by atoms with Gasteiger partial charge in [0.2, 0.25) is 0 Å². The topological polar surface area (TPSA) is 71.4 Å². The van der Waals surface area contributed by atoms with Crippen LogP contribution in [0.2, 0.25) is 0 Å². The number of aliphatic hydroxyl groups excluding tert-OH is 2. The zero-order valence-electron chi connectivity index (χ0n) is 7.81. The van der Waals surface area contributed by atoms with Crippen molar-refractivity contribution in [3.8, 4) is 0 Å². The normalized spacial score (nSPS) is 11.1. The Bertz CT molecular complexity index is 83.9. The summed E-state index contributed by atoms with van der Waals surface area (Å²) in [6.07, 6.45) is 0. The molecule has 0 fully saturated rings. The summed E-state index contributed by atoms with van der Waals surface area (Å²) < 4.78 is 4.81. The van der Waals surface area contributed by atoms with Crippen molar-refractivity contribution >= 4 is 0 Å². The number of hydroxylamine groups is 2. The van der Waals surface area contributed by atoms with Gasteiger partial charge in [-0.1, -0.05) is 5.23 Å². The number of methoxy groups -OCH3 is 1. The van der Waals surface area contributed by atoms with Crippen LogP contribution in [0.1, 0.15) is 0 Å². The maximum absolute atomic E-state index is 8.48. The van der Waals surface area contributed by atoms with Crippen molar-refractivity contribution in [1.29, 1.82) is 0 Å². The molecule has 0 amide bonds. The third kappa shape index (κ3) is 8.10. The molecule has 0 radical (unpaired) electrons. The lowest BCUT2D eigenvalue weighted by atomic mass is 10.7. The largest absolute Gasteiger partial charge is 0.394 e. The van der Waals surface area contributed by atoms with E-state index in [4.69, 9.17) is 24.6 Å². The molecule has 0 unspecified atom stereocenters. The summed E-state index contributed by atoms with van der Waals surface area (Å²) in [5.74, 6) is 0. The highest BCUT2D eigenvalue weighted by Gasteiger charge is 2.04. The summed E-state index contributed by atoms with van der Waals surface area (Å²) in [4.78, 5) is 9.93. The first kappa shape index (κ1) is 12.8. The predicted octanol–water partition coefficient (Wildman–Crippen LogP) is -1.22. The van der Waals surface area contributed by atoms with E-state index in [1.54, 1.807) is 7.11 Å². The number of rotatable bonds is 9. The molecule has 0 bridgehead atoms. The van der Waals surface area contributed by atoms with Gasteiger partial charge < -0.3 is 14.9 Å². The van der Waals surface area contributed by atoms with E-state index in [1.165, 1.54) is 5.23 Å². The number of hydrogen-bond donors (Lipinski definition) is 2. The van der Waals surface area contributed by atoms with Gasteiger partial charge in [-0.3, -0.25) is 9.68 Å². The zero-order chi connectivity index (χ0) is 9.94. The van der Waals surface area contributed by atoms with Crippen molar-refractivity contribution in [3.05, 3.63) is 0 Å². The Labute approximate surface area is 77.5 Å². The second kappa shape index (κ2) is 9.85. The Kier molecular flexibility index (Phi) is 9.66. The van der Waals surface area contributed by atoms with Gasteiger partial charge in [-0.25, -0.2) is 0 Å². The summed E-state index contributed by atoms with van der Waals surface area (Å²) in [6.45, 7) is 1.05. The van der Waals surface area contributed by atoms with Crippen molar-refractivity contribution in [1.82, 2.24) is 5.23 Å². The van der Waals surface area contributed by atoms with E-state index in [0.717, 1.165) is 0 Å². The minimum Gasteiger partial charge on any atom is -0.394 e. The lowest BCUT2D eigenvalue weighted by Crippen LogP contribution is -2.30. The molecule has 0 aromatic heterocycles. The molecule has 80 valence electrons. The first-order chi connectivity index (χ1) is 6.35. The van der Waals surface area contributed by atoms with Crippen LogP contribution in [0, 0.1) is 0 Å². The maximum atomic E-state index is 8.48. The molecule has 0 heterocycles. The second-order valence-electron chi connectivity index (χ2n) is 2.16. The van der Waals surface area contributed by atoms with Crippen LogP contribution in [0.15, 0.2) is 0 Å². The number of ether oxygens (including phenoxy) is 1. The highest BCUT2D eigenvalue weighted by Crippen LogP contribution is 1.91. The lowest BCUT2D eigenvalue weighted by Gasteiger charge is -2.19. The molecular weight excluding hydrogens is 178 g/mol. The Morgan fingerprint density at radius 3 is 1.92 bits per heavy atom. The Hall–Kier alpha value is -0.240. The van der Waals surface area contributed by atoms with Crippen LogP contribution in [0.4, 0.5) is 0 Å². The van der Waals surface area contributed by atoms with Crippen molar-refractivity contribution in [2.75, 3.05) is 46.7 Å². The fourth-order valence-corrected chi connectivity index (χ4v) is 0.617. The van der Waals surface area contributed by atoms with E-state index in [9.17, 15) is 0 Å². The summed E-state index contributed by atoms with van der Waals surface area (Å²) in [5.41, 5.74) is 0. The molecule has 0 rings (SSSR count). The smallest absolute Gasteiger partial charge is 0.0942 e. The average Bonchev–Trinajstić information content (AvgIpc) is 2.17. The van der Waals surface area contributed by atoms with Gasteiger partial charge in [-0.15, -0.1) is 0 Å². The molecular formula is C7H17NO5. The molecule has 6 nitrogen and oxygen atoms in total. The van der Waals surface area contributed by atoms with E-state index >= 15 is 0 Å². The maximum Gasteiger partial charge on any atom is 0.0942 e. The van der Waals surface area contributed by atoms with Crippen molar-refractivity contribution in [2.45, 2.75) is 0 Å². The van der Waals surface area contributed by atoms with Gasteiger partial charge in [0.05, 0.1) is 39.6 Å². The van der Waals surface area contributed by atoms with Crippen molar-refractivity contribution < 1.29 is 24.6 Å². The predicted molar refractivity (Wildman–Crippen MR) is 44.7 cm³/mol. The summed E-state index contributed by atoms with van der Waals surface area (Å²) in [6, 6.07) is 0. The van der Waals surface area contributed by atoms with Gasteiger partial charge in [0.15, 0.2) is 0 Å². The third-order valence-corrected chi connectivity index (χ3v) is 1.13. The molecule has 6 heteroatoms. The van der Waals surface area contributed by atoms with Gasteiger partial charge in [-0.2, -0.15) is 0 Å². The van der Waals surface area contributed by atoms with Crippen LogP contribution in [0.25, 0.3) is 0 Å². The van der Waals surface area contributed by atoms with Gasteiger partial charge >= 0.3 is 0 Å². The van der Waals surface area contributed by atoms with Crippen molar-refractivity contribution in [2.24, 2.45) is 0 Å². The van der Waals surface area contributed by atoms with Crippen LogP contribution in [0.5, 0.6) is 0 Å². The molecule has 0 aliphatic carbocycles. The molecule has 0 saturated carbocycles.